The average molecular weight is 378 g/mol. The van der Waals surface area contributed by atoms with Gasteiger partial charge in [-0.15, -0.1) is 0 Å². The number of rotatable bonds is 6. The van der Waals surface area contributed by atoms with Gasteiger partial charge in [-0.3, -0.25) is 14.9 Å². The van der Waals surface area contributed by atoms with Crippen LogP contribution in [0.3, 0.4) is 0 Å². The van der Waals surface area contributed by atoms with E-state index in [-0.39, 0.29) is 22.8 Å². The Morgan fingerprint density at radius 2 is 2.00 bits per heavy atom. The lowest BCUT2D eigenvalue weighted by Crippen LogP contribution is -2.22. The first-order valence-electron chi connectivity index (χ1n) is 7.49. The van der Waals surface area contributed by atoms with Crippen molar-refractivity contribution in [1.29, 1.82) is 0 Å². The summed E-state index contributed by atoms with van der Waals surface area (Å²) < 4.78 is 4.63. The standard InChI is InChI=1S/C17H16ClN3O5/c1-10-14(4-3-5-15(10)21(24)25)20-16(22)9-19-11-6-7-13(18)12(8-11)17(23)26-2/h3-8,19H,9H2,1-2H3,(H,20,22). The first-order chi connectivity index (χ1) is 12.3. The third kappa shape index (κ3) is 4.48. The molecule has 0 aromatic heterocycles. The SMILES string of the molecule is COC(=O)c1cc(NCC(=O)Nc2cccc([N+](=O)[O-])c2C)ccc1Cl. The molecule has 0 aliphatic carbocycles. The zero-order valence-corrected chi connectivity index (χ0v) is 14.8. The van der Waals surface area contributed by atoms with Gasteiger partial charge in [0.2, 0.25) is 5.91 Å². The van der Waals surface area contributed by atoms with E-state index >= 15 is 0 Å². The van der Waals surface area contributed by atoms with Gasteiger partial charge in [-0.25, -0.2) is 4.79 Å². The molecule has 2 N–H and O–H groups in total. The van der Waals surface area contributed by atoms with Gasteiger partial charge < -0.3 is 15.4 Å². The van der Waals surface area contributed by atoms with Gasteiger partial charge in [0.05, 0.1) is 40.4 Å². The molecule has 0 saturated carbocycles. The molecule has 1 amide bonds. The predicted octanol–water partition coefficient (Wildman–Crippen LogP) is 3.39. The fourth-order valence-electron chi connectivity index (χ4n) is 2.24. The molecule has 2 rings (SSSR count). The first kappa shape index (κ1) is 19.2. The van der Waals surface area contributed by atoms with E-state index < -0.39 is 16.8 Å². The van der Waals surface area contributed by atoms with Crippen LogP contribution in [0.2, 0.25) is 5.02 Å². The molecule has 0 radical (unpaired) electrons. The Morgan fingerprint density at radius 1 is 1.27 bits per heavy atom. The Balaban J connectivity index is 2.05. The van der Waals surface area contributed by atoms with Gasteiger partial charge in [-0.1, -0.05) is 17.7 Å². The molecule has 2 aromatic rings. The highest BCUT2D eigenvalue weighted by molar-refractivity contribution is 6.33. The largest absolute Gasteiger partial charge is 0.465 e. The van der Waals surface area contributed by atoms with Crippen LogP contribution in [0.25, 0.3) is 0 Å². The lowest BCUT2D eigenvalue weighted by atomic mass is 10.1. The third-order valence-corrected chi connectivity index (χ3v) is 3.93. The van der Waals surface area contributed by atoms with E-state index in [4.69, 9.17) is 11.6 Å². The number of nitrogens with one attached hydrogen (secondary N) is 2. The molecule has 0 aliphatic heterocycles. The molecular formula is C17H16ClN3O5. The maximum absolute atomic E-state index is 12.1. The van der Waals surface area contributed by atoms with Crippen molar-refractivity contribution in [1.82, 2.24) is 0 Å². The second kappa shape index (κ2) is 8.30. The quantitative estimate of drug-likeness (QED) is 0.453. The highest BCUT2D eigenvalue weighted by atomic mass is 35.5. The van der Waals surface area contributed by atoms with Crippen LogP contribution in [-0.2, 0) is 9.53 Å². The summed E-state index contributed by atoms with van der Waals surface area (Å²) in [5.41, 5.74) is 1.33. The maximum Gasteiger partial charge on any atom is 0.339 e. The highest BCUT2D eigenvalue weighted by Crippen LogP contribution is 2.25. The first-order valence-corrected chi connectivity index (χ1v) is 7.87. The number of methoxy groups -OCH3 is 1. The molecule has 8 nitrogen and oxygen atoms in total. The Labute approximate surface area is 154 Å². The van der Waals surface area contributed by atoms with Crippen molar-refractivity contribution in [2.75, 3.05) is 24.3 Å². The van der Waals surface area contributed by atoms with Crippen LogP contribution in [0.15, 0.2) is 36.4 Å². The van der Waals surface area contributed by atoms with E-state index in [1.807, 2.05) is 0 Å². The Hall–Kier alpha value is -3.13. The lowest BCUT2D eigenvalue weighted by molar-refractivity contribution is -0.385. The minimum atomic E-state index is -0.588. The molecule has 0 saturated heterocycles. The molecule has 0 unspecified atom stereocenters. The van der Waals surface area contributed by atoms with E-state index in [0.717, 1.165) is 0 Å². The Morgan fingerprint density at radius 3 is 2.65 bits per heavy atom. The van der Waals surface area contributed by atoms with E-state index in [0.29, 0.717) is 16.9 Å². The van der Waals surface area contributed by atoms with Crippen molar-refractivity contribution in [2.45, 2.75) is 6.92 Å². The number of hydrogen-bond acceptors (Lipinski definition) is 6. The fraction of sp³-hybridized carbons (Fsp3) is 0.176. The van der Waals surface area contributed by atoms with Crippen molar-refractivity contribution in [3.05, 3.63) is 62.7 Å². The Bertz CT molecular complexity index is 869. The molecular weight excluding hydrogens is 362 g/mol. The van der Waals surface area contributed by atoms with Crippen molar-refractivity contribution < 1.29 is 19.2 Å². The van der Waals surface area contributed by atoms with Gasteiger partial charge in [-0.2, -0.15) is 0 Å². The molecule has 9 heteroatoms. The zero-order valence-electron chi connectivity index (χ0n) is 14.0. The summed E-state index contributed by atoms with van der Waals surface area (Å²) in [6.07, 6.45) is 0. The number of halogens is 1. The summed E-state index contributed by atoms with van der Waals surface area (Å²) in [6, 6.07) is 9.04. The number of carbonyl (C=O) groups excluding carboxylic acids is 2. The summed E-state index contributed by atoms with van der Waals surface area (Å²) in [5.74, 6) is -0.988. The van der Waals surface area contributed by atoms with Gasteiger partial charge in [-0.05, 0) is 31.2 Å². The minimum Gasteiger partial charge on any atom is -0.465 e. The number of anilines is 2. The number of nitro groups is 1. The third-order valence-electron chi connectivity index (χ3n) is 3.60. The highest BCUT2D eigenvalue weighted by Gasteiger charge is 2.15. The smallest absolute Gasteiger partial charge is 0.339 e. The average Bonchev–Trinajstić information content (AvgIpc) is 2.61. The summed E-state index contributed by atoms with van der Waals surface area (Å²) in [7, 11) is 1.24. The van der Waals surface area contributed by atoms with Gasteiger partial charge >= 0.3 is 5.97 Å². The van der Waals surface area contributed by atoms with Crippen molar-refractivity contribution in [3.8, 4) is 0 Å². The fourth-order valence-corrected chi connectivity index (χ4v) is 2.43. The van der Waals surface area contributed by atoms with Crippen molar-refractivity contribution in [2.24, 2.45) is 0 Å². The number of ether oxygens (including phenoxy) is 1. The number of hydrogen-bond donors (Lipinski definition) is 2. The Kier molecular flexibility index (Phi) is 6.13. The monoisotopic (exact) mass is 377 g/mol. The summed E-state index contributed by atoms with van der Waals surface area (Å²) in [6.45, 7) is 1.45. The minimum absolute atomic E-state index is 0.0730. The van der Waals surface area contributed by atoms with E-state index in [9.17, 15) is 19.7 Å². The molecule has 0 atom stereocenters. The van der Waals surface area contributed by atoms with Crippen LogP contribution in [0.1, 0.15) is 15.9 Å². The predicted molar refractivity (Wildman–Crippen MR) is 97.7 cm³/mol. The lowest BCUT2D eigenvalue weighted by Gasteiger charge is -2.11. The molecule has 0 bridgehead atoms. The van der Waals surface area contributed by atoms with E-state index in [1.165, 1.54) is 31.4 Å². The van der Waals surface area contributed by atoms with Gasteiger partial charge in [0.25, 0.3) is 5.69 Å². The van der Waals surface area contributed by atoms with Crippen LogP contribution in [-0.4, -0.2) is 30.5 Å². The van der Waals surface area contributed by atoms with Crippen LogP contribution >= 0.6 is 11.6 Å². The topological polar surface area (TPSA) is 111 Å². The molecule has 26 heavy (non-hydrogen) atoms. The number of nitro benzene ring substituents is 1. The molecule has 0 heterocycles. The summed E-state index contributed by atoms with van der Waals surface area (Å²) >= 11 is 5.93. The summed E-state index contributed by atoms with van der Waals surface area (Å²) in [4.78, 5) is 34.2. The molecule has 2 aromatic carbocycles. The van der Waals surface area contributed by atoms with E-state index in [1.54, 1.807) is 19.1 Å². The number of amides is 1. The van der Waals surface area contributed by atoms with Gasteiger partial charge in [0.1, 0.15) is 0 Å². The second-order valence-corrected chi connectivity index (χ2v) is 5.70. The van der Waals surface area contributed by atoms with Crippen molar-refractivity contribution in [3.63, 3.8) is 0 Å². The second-order valence-electron chi connectivity index (χ2n) is 5.29. The molecule has 0 fully saturated rings. The number of nitrogens with zero attached hydrogens (tertiary/aromatic N) is 1. The van der Waals surface area contributed by atoms with Crippen LogP contribution in [0.4, 0.5) is 17.1 Å². The summed E-state index contributed by atoms with van der Waals surface area (Å²) in [5, 5.41) is 16.6. The zero-order chi connectivity index (χ0) is 19.3. The molecule has 0 spiro atoms. The molecule has 136 valence electrons. The molecule has 0 aliphatic rings. The number of benzene rings is 2. The van der Waals surface area contributed by atoms with E-state index in [2.05, 4.69) is 15.4 Å². The maximum atomic E-state index is 12.1. The van der Waals surface area contributed by atoms with Crippen LogP contribution in [0.5, 0.6) is 0 Å². The number of carbonyl (C=O) groups is 2. The van der Waals surface area contributed by atoms with Gasteiger partial charge in [0.15, 0.2) is 0 Å². The van der Waals surface area contributed by atoms with Crippen molar-refractivity contribution >= 4 is 40.5 Å². The van der Waals surface area contributed by atoms with Gasteiger partial charge in [0, 0.05) is 11.8 Å². The van der Waals surface area contributed by atoms with Crippen LogP contribution in [0, 0.1) is 17.0 Å². The number of esters is 1. The van der Waals surface area contributed by atoms with Crippen LogP contribution < -0.4 is 10.6 Å². The normalized spacial score (nSPS) is 10.1.